The van der Waals surface area contributed by atoms with Gasteiger partial charge in [-0.05, 0) is 138 Å². The second-order valence-corrected chi connectivity index (χ2v) is 13.6. The number of phenols is 2. The van der Waals surface area contributed by atoms with Crippen molar-refractivity contribution in [1.82, 2.24) is 0 Å². The molecule has 6 unspecified atom stereocenters. The van der Waals surface area contributed by atoms with Crippen molar-refractivity contribution < 1.29 is 10.2 Å². The first-order valence-electron chi connectivity index (χ1n) is 16.7. The summed E-state index contributed by atoms with van der Waals surface area (Å²) in [5.41, 5.74) is 8.17. The highest BCUT2D eigenvalue weighted by Gasteiger charge is 2.31. The minimum absolute atomic E-state index is 0.368. The first kappa shape index (κ1) is 29.5. The van der Waals surface area contributed by atoms with Gasteiger partial charge >= 0.3 is 0 Å². The third-order valence-electron chi connectivity index (χ3n) is 11.0. The van der Waals surface area contributed by atoms with E-state index in [9.17, 15) is 10.2 Å². The zero-order valence-electron chi connectivity index (χ0n) is 26.0. The van der Waals surface area contributed by atoms with Gasteiger partial charge in [-0.2, -0.15) is 0 Å². The molecule has 0 aromatic heterocycles. The van der Waals surface area contributed by atoms with Crippen LogP contribution < -0.4 is 0 Å². The van der Waals surface area contributed by atoms with Crippen LogP contribution in [0.3, 0.4) is 0 Å². The summed E-state index contributed by atoms with van der Waals surface area (Å²) in [4.78, 5) is 0. The van der Waals surface area contributed by atoms with E-state index in [1.807, 2.05) is 24.3 Å². The maximum atomic E-state index is 10.6. The van der Waals surface area contributed by atoms with Gasteiger partial charge in [0.25, 0.3) is 0 Å². The van der Waals surface area contributed by atoms with Crippen LogP contribution in [0.1, 0.15) is 122 Å². The van der Waals surface area contributed by atoms with E-state index in [0.717, 1.165) is 19.3 Å². The number of hydrogen-bond donors (Lipinski definition) is 2. The summed E-state index contributed by atoms with van der Waals surface area (Å²) in [5.74, 6) is 4.01. The van der Waals surface area contributed by atoms with Gasteiger partial charge in [-0.25, -0.2) is 0 Å². The maximum absolute atomic E-state index is 10.6. The van der Waals surface area contributed by atoms with Crippen LogP contribution in [0.15, 0.2) is 97.1 Å². The van der Waals surface area contributed by atoms with E-state index in [1.54, 1.807) is 0 Å². The Bertz CT molecular complexity index is 1360. The molecule has 6 atom stereocenters. The number of phenolic OH excluding ortho intramolecular Hbond substituents is 2. The lowest BCUT2D eigenvalue weighted by molar-refractivity contribution is 0.284. The molecule has 0 spiro atoms. The predicted molar refractivity (Wildman–Crippen MR) is 178 cm³/mol. The summed E-state index contributed by atoms with van der Waals surface area (Å²) in [7, 11) is 0. The van der Waals surface area contributed by atoms with Crippen LogP contribution >= 0.6 is 0 Å². The quantitative estimate of drug-likeness (QED) is 0.220. The molecule has 224 valence electrons. The van der Waals surface area contributed by atoms with Gasteiger partial charge in [-0.15, -0.1) is 0 Å². The summed E-state index contributed by atoms with van der Waals surface area (Å²) >= 11 is 0. The summed E-state index contributed by atoms with van der Waals surface area (Å²) in [5, 5.41) is 21.2. The SMILES string of the molecule is CC(c1ccccc1)C1CCCC(c2cc(O)ccc2Cc2ccc(O)cc2C2CCCC(C(C)c3ccccc3)C2)C1. The third kappa shape index (κ3) is 6.85. The minimum atomic E-state index is 0.368. The molecule has 0 radical (unpaired) electrons. The molecule has 2 heteroatoms. The second-order valence-electron chi connectivity index (χ2n) is 13.6. The molecular weight excluding hydrogens is 524 g/mol. The van der Waals surface area contributed by atoms with E-state index in [0.29, 0.717) is 47.0 Å². The lowest BCUT2D eigenvalue weighted by Crippen LogP contribution is -2.21. The van der Waals surface area contributed by atoms with Gasteiger partial charge in [-0.3, -0.25) is 0 Å². The van der Waals surface area contributed by atoms with E-state index >= 15 is 0 Å². The number of rotatable bonds is 8. The molecule has 2 aliphatic carbocycles. The Morgan fingerprint density at radius 2 is 0.977 bits per heavy atom. The minimum Gasteiger partial charge on any atom is -0.508 e. The molecule has 0 bridgehead atoms. The molecule has 6 rings (SSSR count). The van der Waals surface area contributed by atoms with Crippen LogP contribution in [-0.4, -0.2) is 10.2 Å². The second kappa shape index (κ2) is 13.4. The Labute approximate surface area is 258 Å². The van der Waals surface area contributed by atoms with Crippen LogP contribution in [0.2, 0.25) is 0 Å². The molecule has 0 amide bonds. The highest BCUT2D eigenvalue weighted by Crippen LogP contribution is 2.46. The molecule has 43 heavy (non-hydrogen) atoms. The van der Waals surface area contributed by atoms with Crippen molar-refractivity contribution in [2.75, 3.05) is 0 Å². The van der Waals surface area contributed by atoms with Crippen molar-refractivity contribution in [3.8, 4) is 11.5 Å². The molecule has 2 saturated carbocycles. The molecular formula is C41H48O2. The standard InChI is InChI=1S/C41H48O2/c1-28(30-11-5-3-6-12-30)32-15-9-17-34(23-32)40-26-38(42)21-19-36(40)25-37-20-22-39(43)27-41(37)35-18-10-16-33(24-35)29(2)31-13-7-4-8-14-31/h3-8,11-14,19-22,26-29,32-35,42-43H,9-10,15-18,23-25H2,1-2H3. The fraction of sp³-hybridized carbons (Fsp3) is 0.415. The van der Waals surface area contributed by atoms with Crippen molar-refractivity contribution >= 4 is 0 Å². The first-order valence-corrected chi connectivity index (χ1v) is 16.7. The van der Waals surface area contributed by atoms with E-state index in [2.05, 4.69) is 86.6 Å². The Kier molecular flexibility index (Phi) is 9.22. The van der Waals surface area contributed by atoms with Crippen LogP contribution in [0.5, 0.6) is 11.5 Å². The summed E-state index contributed by atoms with van der Waals surface area (Å²) in [6, 6.07) is 34.1. The number of aromatic hydroxyl groups is 2. The molecule has 2 nitrogen and oxygen atoms in total. The van der Waals surface area contributed by atoms with Crippen molar-refractivity contribution in [3.63, 3.8) is 0 Å². The monoisotopic (exact) mass is 572 g/mol. The maximum Gasteiger partial charge on any atom is 0.115 e. The average Bonchev–Trinajstić information content (AvgIpc) is 3.06. The molecule has 0 heterocycles. The largest absolute Gasteiger partial charge is 0.508 e. The van der Waals surface area contributed by atoms with Crippen molar-refractivity contribution in [1.29, 1.82) is 0 Å². The topological polar surface area (TPSA) is 40.5 Å². The van der Waals surface area contributed by atoms with Gasteiger partial charge in [0, 0.05) is 0 Å². The molecule has 2 aliphatic rings. The fourth-order valence-electron chi connectivity index (χ4n) is 8.44. The Morgan fingerprint density at radius 1 is 0.558 bits per heavy atom. The first-order chi connectivity index (χ1) is 21.0. The summed E-state index contributed by atoms with van der Waals surface area (Å²) in [6.45, 7) is 4.79. The molecule has 0 aliphatic heterocycles. The zero-order valence-corrected chi connectivity index (χ0v) is 26.0. The van der Waals surface area contributed by atoms with Crippen LogP contribution in [0.25, 0.3) is 0 Å². The Morgan fingerprint density at radius 3 is 1.40 bits per heavy atom. The molecule has 0 saturated heterocycles. The molecule has 2 N–H and O–H groups in total. The van der Waals surface area contributed by atoms with E-state index in [1.165, 1.54) is 71.9 Å². The normalized spacial score (nSPS) is 23.9. The van der Waals surface area contributed by atoms with Gasteiger partial charge in [0.2, 0.25) is 0 Å². The van der Waals surface area contributed by atoms with Gasteiger partial charge in [0.05, 0.1) is 0 Å². The molecule has 2 fully saturated rings. The molecule has 4 aromatic carbocycles. The van der Waals surface area contributed by atoms with E-state index in [-0.39, 0.29) is 0 Å². The number of benzene rings is 4. The number of hydrogen-bond acceptors (Lipinski definition) is 2. The van der Waals surface area contributed by atoms with Crippen molar-refractivity contribution in [2.45, 2.75) is 95.3 Å². The lowest BCUT2D eigenvalue weighted by atomic mass is 9.70. The average molecular weight is 573 g/mol. The Balaban J connectivity index is 1.24. The van der Waals surface area contributed by atoms with Crippen LogP contribution in [-0.2, 0) is 6.42 Å². The predicted octanol–water partition coefficient (Wildman–Crippen LogP) is 10.8. The smallest absolute Gasteiger partial charge is 0.115 e. The highest BCUT2D eigenvalue weighted by molar-refractivity contribution is 5.45. The van der Waals surface area contributed by atoms with E-state index in [4.69, 9.17) is 0 Å². The summed E-state index contributed by atoms with van der Waals surface area (Å²) in [6.07, 6.45) is 10.5. The highest BCUT2D eigenvalue weighted by atomic mass is 16.3. The van der Waals surface area contributed by atoms with Gasteiger partial charge in [-0.1, -0.05) is 99.5 Å². The van der Waals surface area contributed by atoms with Crippen LogP contribution in [0.4, 0.5) is 0 Å². The van der Waals surface area contributed by atoms with Gasteiger partial charge in [0.1, 0.15) is 11.5 Å². The molecule has 4 aromatic rings. The van der Waals surface area contributed by atoms with Crippen molar-refractivity contribution in [3.05, 3.63) is 130 Å². The summed E-state index contributed by atoms with van der Waals surface area (Å²) < 4.78 is 0. The van der Waals surface area contributed by atoms with E-state index < -0.39 is 0 Å². The Hall–Kier alpha value is -3.52. The fourth-order valence-corrected chi connectivity index (χ4v) is 8.44. The van der Waals surface area contributed by atoms with Gasteiger partial charge < -0.3 is 10.2 Å². The van der Waals surface area contributed by atoms with Gasteiger partial charge in [0.15, 0.2) is 0 Å². The lowest BCUT2D eigenvalue weighted by Gasteiger charge is -2.35. The third-order valence-corrected chi connectivity index (χ3v) is 11.0. The van der Waals surface area contributed by atoms with Crippen molar-refractivity contribution in [2.24, 2.45) is 11.8 Å². The van der Waals surface area contributed by atoms with Crippen LogP contribution in [0, 0.1) is 11.8 Å². The zero-order chi connectivity index (χ0) is 29.8.